The minimum Gasteiger partial charge on any atom is -0.354 e. The fourth-order valence-electron chi connectivity index (χ4n) is 4.38. The number of aryl methyl sites for hydroxylation is 1. The van der Waals surface area contributed by atoms with Crippen LogP contribution in [0, 0.1) is 12.8 Å². The summed E-state index contributed by atoms with van der Waals surface area (Å²) in [7, 11) is 0. The van der Waals surface area contributed by atoms with Gasteiger partial charge in [0.2, 0.25) is 11.8 Å². The summed E-state index contributed by atoms with van der Waals surface area (Å²) in [5.74, 6) is 0.0672. The molecule has 2 amide bonds. The number of hydrogen-bond donors (Lipinski definition) is 1. The number of piperidine rings is 1. The van der Waals surface area contributed by atoms with Crippen molar-refractivity contribution in [2.75, 3.05) is 32.7 Å². The van der Waals surface area contributed by atoms with Gasteiger partial charge in [0.15, 0.2) is 0 Å². The van der Waals surface area contributed by atoms with Gasteiger partial charge in [-0.2, -0.15) is 0 Å². The number of hydrogen-bond acceptors (Lipinski definition) is 3. The molecule has 0 saturated carbocycles. The monoisotopic (exact) mass is 357 g/mol. The van der Waals surface area contributed by atoms with Crippen molar-refractivity contribution in [3.05, 3.63) is 35.4 Å². The van der Waals surface area contributed by atoms with E-state index < -0.39 is 0 Å². The van der Waals surface area contributed by atoms with Crippen LogP contribution in [0.4, 0.5) is 0 Å². The van der Waals surface area contributed by atoms with Crippen LogP contribution in [0.2, 0.25) is 0 Å². The molecule has 2 saturated heterocycles. The summed E-state index contributed by atoms with van der Waals surface area (Å²) >= 11 is 0. The average Bonchev–Trinajstić information content (AvgIpc) is 3.15. The molecule has 0 aromatic heterocycles. The van der Waals surface area contributed by atoms with E-state index in [4.69, 9.17) is 0 Å². The molecule has 1 N–H and O–H groups in total. The number of carbonyl (C=O) groups is 2. The topological polar surface area (TPSA) is 52.7 Å². The zero-order valence-electron chi connectivity index (χ0n) is 16.0. The Morgan fingerprint density at radius 3 is 2.65 bits per heavy atom. The Labute approximate surface area is 156 Å². The molecule has 2 aliphatic heterocycles. The number of amides is 2. The van der Waals surface area contributed by atoms with E-state index in [-0.39, 0.29) is 23.8 Å². The Kier molecular flexibility index (Phi) is 6.30. The smallest absolute Gasteiger partial charge is 0.225 e. The molecule has 0 unspecified atom stereocenters. The van der Waals surface area contributed by atoms with Crippen LogP contribution in [0.15, 0.2) is 24.3 Å². The van der Waals surface area contributed by atoms with Gasteiger partial charge in [0.05, 0.1) is 12.0 Å². The van der Waals surface area contributed by atoms with Gasteiger partial charge in [0, 0.05) is 26.1 Å². The first-order valence-electron chi connectivity index (χ1n) is 9.97. The minimum atomic E-state index is -0.174. The lowest BCUT2D eigenvalue weighted by molar-refractivity contribution is -0.143. The van der Waals surface area contributed by atoms with Gasteiger partial charge in [-0.3, -0.25) is 9.59 Å². The maximum atomic E-state index is 13.0. The van der Waals surface area contributed by atoms with Crippen LogP contribution in [0.25, 0.3) is 0 Å². The first-order valence-corrected chi connectivity index (χ1v) is 9.97. The third-order valence-corrected chi connectivity index (χ3v) is 5.82. The highest BCUT2D eigenvalue weighted by atomic mass is 16.2. The quantitative estimate of drug-likeness (QED) is 0.851. The summed E-state index contributed by atoms with van der Waals surface area (Å²) in [6.07, 6.45) is 3.61. The molecule has 1 aromatic rings. The normalized spacial score (nSPS) is 24.1. The van der Waals surface area contributed by atoms with Gasteiger partial charge in [0.25, 0.3) is 0 Å². The van der Waals surface area contributed by atoms with Crippen LogP contribution < -0.4 is 5.32 Å². The zero-order valence-corrected chi connectivity index (χ0v) is 16.0. The molecule has 2 atom stereocenters. The first-order chi connectivity index (χ1) is 12.6. The van der Waals surface area contributed by atoms with Crippen LogP contribution in [-0.4, -0.2) is 54.3 Å². The highest BCUT2D eigenvalue weighted by Gasteiger charge is 2.40. The summed E-state index contributed by atoms with van der Waals surface area (Å²) < 4.78 is 0. The molecule has 3 rings (SSSR count). The van der Waals surface area contributed by atoms with E-state index in [9.17, 15) is 9.59 Å². The Balaban J connectivity index is 1.73. The standard InChI is InChI=1S/C21H31N3O2/c1-3-24-19(25)11-10-18(20(24)17-9-5-4-8-16(17)2)21(26)22-12-15-23-13-6-7-14-23/h4-5,8-9,18,20H,3,6-7,10-15H2,1-2H3,(H,22,26)/t18-,20+/m1/s1. The summed E-state index contributed by atoms with van der Waals surface area (Å²) in [5, 5.41) is 3.14. The van der Waals surface area contributed by atoms with Crippen molar-refractivity contribution in [1.29, 1.82) is 0 Å². The van der Waals surface area contributed by atoms with E-state index in [1.54, 1.807) is 0 Å². The molecule has 2 aliphatic rings. The molecule has 0 aliphatic carbocycles. The lowest BCUT2D eigenvalue weighted by Gasteiger charge is -2.41. The van der Waals surface area contributed by atoms with Crippen molar-refractivity contribution in [3.63, 3.8) is 0 Å². The largest absolute Gasteiger partial charge is 0.354 e. The zero-order chi connectivity index (χ0) is 18.5. The van der Waals surface area contributed by atoms with Crippen LogP contribution in [0.1, 0.15) is 49.8 Å². The minimum absolute atomic E-state index is 0.0865. The van der Waals surface area contributed by atoms with E-state index in [1.807, 2.05) is 24.0 Å². The van der Waals surface area contributed by atoms with Crippen molar-refractivity contribution in [2.45, 2.75) is 45.6 Å². The number of carbonyl (C=O) groups excluding carboxylic acids is 2. The van der Waals surface area contributed by atoms with Crippen molar-refractivity contribution >= 4 is 11.8 Å². The molecule has 0 spiro atoms. The molecular formula is C21H31N3O2. The summed E-state index contributed by atoms with van der Waals surface area (Å²) in [6, 6.07) is 7.97. The van der Waals surface area contributed by atoms with E-state index in [2.05, 4.69) is 29.3 Å². The van der Waals surface area contributed by atoms with E-state index >= 15 is 0 Å². The second-order valence-electron chi connectivity index (χ2n) is 7.47. The number of nitrogens with one attached hydrogen (secondary N) is 1. The highest BCUT2D eigenvalue weighted by Crippen LogP contribution is 2.38. The second kappa shape index (κ2) is 8.67. The first kappa shape index (κ1) is 18.9. The number of benzene rings is 1. The number of nitrogens with zero attached hydrogens (tertiary/aromatic N) is 2. The Bertz CT molecular complexity index is 640. The Hall–Kier alpha value is -1.88. The van der Waals surface area contributed by atoms with Crippen LogP contribution >= 0.6 is 0 Å². The third-order valence-electron chi connectivity index (χ3n) is 5.82. The molecule has 2 heterocycles. The molecule has 5 heteroatoms. The summed E-state index contributed by atoms with van der Waals surface area (Å²) in [5.41, 5.74) is 2.24. The van der Waals surface area contributed by atoms with Gasteiger partial charge in [-0.05, 0) is 57.3 Å². The van der Waals surface area contributed by atoms with Gasteiger partial charge >= 0.3 is 0 Å². The molecule has 0 bridgehead atoms. The molecule has 1 aromatic carbocycles. The molecular weight excluding hydrogens is 326 g/mol. The van der Waals surface area contributed by atoms with E-state index in [1.165, 1.54) is 12.8 Å². The number of likely N-dealkylation sites (tertiary alicyclic amines) is 2. The fourth-order valence-corrected chi connectivity index (χ4v) is 4.38. The van der Waals surface area contributed by atoms with Gasteiger partial charge in [-0.1, -0.05) is 24.3 Å². The predicted molar refractivity (Wildman–Crippen MR) is 103 cm³/mol. The number of rotatable bonds is 6. The van der Waals surface area contributed by atoms with E-state index in [0.29, 0.717) is 25.9 Å². The van der Waals surface area contributed by atoms with Gasteiger partial charge in [-0.15, -0.1) is 0 Å². The maximum Gasteiger partial charge on any atom is 0.225 e. The van der Waals surface area contributed by atoms with Crippen molar-refractivity contribution in [3.8, 4) is 0 Å². The van der Waals surface area contributed by atoms with Crippen LogP contribution in [0.3, 0.4) is 0 Å². The molecule has 142 valence electrons. The molecule has 26 heavy (non-hydrogen) atoms. The summed E-state index contributed by atoms with van der Waals surface area (Å²) in [6.45, 7) is 8.59. The van der Waals surface area contributed by atoms with Gasteiger partial charge in [0.1, 0.15) is 0 Å². The lowest BCUT2D eigenvalue weighted by atomic mass is 9.82. The highest BCUT2D eigenvalue weighted by molar-refractivity contribution is 5.85. The van der Waals surface area contributed by atoms with Crippen molar-refractivity contribution in [1.82, 2.24) is 15.1 Å². The Morgan fingerprint density at radius 1 is 1.23 bits per heavy atom. The van der Waals surface area contributed by atoms with Gasteiger partial charge in [-0.25, -0.2) is 0 Å². The van der Waals surface area contributed by atoms with E-state index in [0.717, 1.165) is 30.8 Å². The third kappa shape index (κ3) is 4.09. The van der Waals surface area contributed by atoms with Crippen molar-refractivity contribution < 1.29 is 9.59 Å². The van der Waals surface area contributed by atoms with Crippen molar-refractivity contribution in [2.24, 2.45) is 5.92 Å². The lowest BCUT2D eigenvalue weighted by Crippen LogP contribution is -2.48. The van der Waals surface area contributed by atoms with Gasteiger partial charge < -0.3 is 15.1 Å². The van der Waals surface area contributed by atoms with Crippen LogP contribution in [0.5, 0.6) is 0 Å². The molecule has 0 radical (unpaired) electrons. The summed E-state index contributed by atoms with van der Waals surface area (Å²) in [4.78, 5) is 29.7. The Morgan fingerprint density at radius 2 is 1.96 bits per heavy atom. The molecule has 2 fully saturated rings. The maximum absolute atomic E-state index is 13.0. The average molecular weight is 357 g/mol. The fraction of sp³-hybridized carbons (Fsp3) is 0.619. The second-order valence-corrected chi connectivity index (χ2v) is 7.47. The SMILES string of the molecule is CCN1C(=O)CC[C@@H](C(=O)NCCN2CCCC2)[C@@H]1c1ccccc1C. The molecule has 5 nitrogen and oxygen atoms in total. The van der Waals surface area contributed by atoms with Crippen LogP contribution in [-0.2, 0) is 9.59 Å². The predicted octanol–water partition coefficient (Wildman–Crippen LogP) is 2.51.